The van der Waals surface area contributed by atoms with Crippen molar-refractivity contribution in [3.8, 4) is 11.5 Å². The minimum atomic E-state index is -0.483. The Balaban J connectivity index is 2.15. The highest BCUT2D eigenvalue weighted by molar-refractivity contribution is 6.02. The molecule has 5 heteroatoms. The fraction of sp³-hybridized carbons (Fsp3) is 0.118. The number of carbonyl (C=O) groups is 1. The summed E-state index contributed by atoms with van der Waals surface area (Å²) < 4.78 is 23.9. The number of hydrogen-bond donors (Lipinski definition) is 1. The molecule has 0 saturated carbocycles. The molecule has 0 aromatic heterocycles. The molecular formula is C17H16FNO3. The van der Waals surface area contributed by atoms with Crippen LogP contribution >= 0.6 is 0 Å². The number of halogens is 1. The molecule has 0 atom stereocenters. The number of anilines is 1. The minimum absolute atomic E-state index is 0.134. The SMILES string of the molecule is COc1cccc(/C=C/C(=O)Nc2ccccc2F)c1OC. The van der Waals surface area contributed by atoms with Gasteiger partial charge in [0, 0.05) is 11.6 Å². The summed E-state index contributed by atoms with van der Waals surface area (Å²) in [5.41, 5.74) is 0.820. The Bertz CT molecular complexity index is 698. The van der Waals surface area contributed by atoms with Crippen molar-refractivity contribution in [1.29, 1.82) is 0 Å². The highest BCUT2D eigenvalue weighted by Gasteiger charge is 2.08. The Kier molecular flexibility index (Phi) is 5.14. The molecule has 0 fully saturated rings. The van der Waals surface area contributed by atoms with E-state index in [4.69, 9.17) is 9.47 Å². The zero-order valence-electron chi connectivity index (χ0n) is 12.3. The smallest absolute Gasteiger partial charge is 0.248 e. The van der Waals surface area contributed by atoms with Crippen molar-refractivity contribution in [3.63, 3.8) is 0 Å². The number of rotatable bonds is 5. The topological polar surface area (TPSA) is 47.6 Å². The predicted molar refractivity (Wildman–Crippen MR) is 83.6 cm³/mol. The van der Waals surface area contributed by atoms with Gasteiger partial charge in [0.2, 0.25) is 5.91 Å². The van der Waals surface area contributed by atoms with E-state index in [0.29, 0.717) is 17.1 Å². The van der Waals surface area contributed by atoms with E-state index >= 15 is 0 Å². The molecule has 1 amide bonds. The molecule has 114 valence electrons. The first-order valence-corrected chi connectivity index (χ1v) is 6.60. The van der Waals surface area contributed by atoms with E-state index < -0.39 is 11.7 Å². The van der Waals surface area contributed by atoms with Gasteiger partial charge in [-0.25, -0.2) is 4.39 Å². The summed E-state index contributed by atoms with van der Waals surface area (Å²) in [6.07, 6.45) is 2.89. The molecule has 0 saturated heterocycles. The van der Waals surface area contributed by atoms with Crippen molar-refractivity contribution in [1.82, 2.24) is 0 Å². The van der Waals surface area contributed by atoms with Gasteiger partial charge in [-0.05, 0) is 24.3 Å². The molecule has 0 spiro atoms. The maximum absolute atomic E-state index is 13.5. The molecule has 0 unspecified atom stereocenters. The van der Waals surface area contributed by atoms with Gasteiger partial charge < -0.3 is 14.8 Å². The Morgan fingerprint density at radius 2 is 1.86 bits per heavy atom. The number of methoxy groups -OCH3 is 2. The summed E-state index contributed by atoms with van der Waals surface area (Å²) in [5, 5.41) is 2.47. The lowest BCUT2D eigenvalue weighted by Gasteiger charge is -2.09. The molecule has 0 aliphatic carbocycles. The van der Waals surface area contributed by atoms with Gasteiger partial charge in [-0.15, -0.1) is 0 Å². The minimum Gasteiger partial charge on any atom is -0.493 e. The number of hydrogen-bond acceptors (Lipinski definition) is 3. The maximum Gasteiger partial charge on any atom is 0.248 e. The summed E-state index contributed by atoms with van der Waals surface area (Å²) in [4.78, 5) is 11.9. The van der Waals surface area contributed by atoms with Crippen LogP contribution in [0.2, 0.25) is 0 Å². The van der Waals surface area contributed by atoms with Crippen LogP contribution in [0.4, 0.5) is 10.1 Å². The van der Waals surface area contributed by atoms with Crippen LogP contribution in [0.3, 0.4) is 0 Å². The summed E-state index contributed by atoms with van der Waals surface area (Å²) in [6.45, 7) is 0. The van der Waals surface area contributed by atoms with E-state index in [1.165, 1.54) is 32.4 Å². The molecular weight excluding hydrogens is 285 g/mol. The average molecular weight is 301 g/mol. The van der Waals surface area contributed by atoms with Gasteiger partial charge in [-0.3, -0.25) is 4.79 Å². The van der Waals surface area contributed by atoms with Gasteiger partial charge in [0.1, 0.15) is 5.82 Å². The van der Waals surface area contributed by atoms with Crippen LogP contribution in [0.15, 0.2) is 48.5 Å². The molecule has 2 aromatic carbocycles. The fourth-order valence-corrected chi connectivity index (χ4v) is 1.95. The molecule has 0 radical (unpaired) electrons. The second-order valence-corrected chi connectivity index (χ2v) is 4.39. The van der Waals surface area contributed by atoms with Crippen molar-refractivity contribution in [2.75, 3.05) is 19.5 Å². The van der Waals surface area contributed by atoms with Crippen LogP contribution in [0.5, 0.6) is 11.5 Å². The van der Waals surface area contributed by atoms with Crippen molar-refractivity contribution in [2.45, 2.75) is 0 Å². The number of amides is 1. The van der Waals surface area contributed by atoms with Crippen LogP contribution < -0.4 is 14.8 Å². The molecule has 0 aliphatic rings. The van der Waals surface area contributed by atoms with E-state index in [2.05, 4.69) is 5.32 Å². The van der Waals surface area contributed by atoms with Crippen LogP contribution in [0.25, 0.3) is 6.08 Å². The van der Waals surface area contributed by atoms with Crippen LogP contribution in [-0.2, 0) is 4.79 Å². The Labute approximate surface area is 128 Å². The van der Waals surface area contributed by atoms with E-state index in [-0.39, 0.29) is 5.69 Å². The van der Waals surface area contributed by atoms with Gasteiger partial charge in [0.05, 0.1) is 19.9 Å². The van der Waals surface area contributed by atoms with Crippen LogP contribution in [0.1, 0.15) is 5.56 Å². The molecule has 0 bridgehead atoms. The molecule has 0 heterocycles. The number of ether oxygens (including phenoxy) is 2. The van der Waals surface area contributed by atoms with Gasteiger partial charge in [0.15, 0.2) is 11.5 Å². The van der Waals surface area contributed by atoms with E-state index in [1.54, 1.807) is 36.4 Å². The van der Waals surface area contributed by atoms with E-state index in [1.807, 2.05) is 0 Å². The lowest BCUT2D eigenvalue weighted by atomic mass is 10.1. The van der Waals surface area contributed by atoms with Gasteiger partial charge in [-0.1, -0.05) is 24.3 Å². The van der Waals surface area contributed by atoms with E-state index in [9.17, 15) is 9.18 Å². The monoisotopic (exact) mass is 301 g/mol. The maximum atomic E-state index is 13.5. The van der Waals surface area contributed by atoms with Crippen LogP contribution in [-0.4, -0.2) is 20.1 Å². The second-order valence-electron chi connectivity index (χ2n) is 4.39. The number of carbonyl (C=O) groups excluding carboxylic acids is 1. The summed E-state index contributed by atoms with van der Waals surface area (Å²) in [6, 6.07) is 11.3. The van der Waals surface area contributed by atoms with E-state index in [0.717, 1.165) is 0 Å². The second kappa shape index (κ2) is 7.26. The standard InChI is InChI=1S/C17H16FNO3/c1-21-15-9-5-6-12(17(15)22-2)10-11-16(20)19-14-8-4-3-7-13(14)18/h3-11H,1-2H3,(H,19,20)/b11-10+. The first kappa shape index (κ1) is 15.6. The van der Waals surface area contributed by atoms with Crippen molar-refractivity contribution >= 4 is 17.7 Å². The molecule has 1 N–H and O–H groups in total. The first-order valence-electron chi connectivity index (χ1n) is 6.60. The van der Waals surface area contributed by atoms with Crippen LogP contribution in [0, 0.1) is 5.82 Å². The normalized spacial score (nSPS) is 10.5. The third-order valence-corrected chi connectivity index (χ3v) is 2.98. The number of benzene rings is 2. The van der Waals surface area contributed by atoms with Crippen molar-refractivity contribution < 1.29 is 18.7 Å². The van der Waals surface area contributed by atoms with Gasteiger partial charge >= 0.3 is 0 Å². The zero-order chi connectivity index (χ0) is 15.9. The highest BCUT2D eigenvalue weighted by Crippen LogP contribution is 2.31. The first-order chi connectivity index (χ1) is 10.7. The summed E-state index contributed by atoms with van der Waals surface area (Å²) in [5.74, 6) is 0.178. The number of para-hydroxylation sites is 2. The largest absolute Gasteiger partial charge is 0.493 e. The third-order valence-electron chi connectivity index (χ3n) is 2.98. The number of nitrogens with one attached hydrogen (secondary N) is 1. The molecule has 22 heavy (non-hydrogen) atoms. The lowest BCUT2D eigenvalue weighted by molar-refractivity contribution is -0.111. The molecule has 0 aliphatic heterocycles. The fourth-order valence-electron chi connectivity index (χ4n) is 1.95. The Hall–Kier alpha value is -2.82. The van der Waals surface area contributed by atoms with Crippen molar-refractivity contribution in [3.05, 3.63) is 59.9 Å². The lowest BCUT2D eigenvalue weighted by Crippen LogP contribution is -2.09. The predicted octanol–water partition coefficient (Wildman–Crippen LogP) is 3.49. The van der Waals surface area contributed by atoms with Gasteiger partial charge in [-0.2, -0.15) is 0 Å². The molecule has 2 aromatic rings. The summed E-state index contributed by atoms with van der Waals surface area (Å²) in [7, 11) is 3.06. The quantitative estimate of drug-likeness (QED) is 0.860. The highest BCUT2D eigenvalue weighted by atomic mass is 19.1. The molecule has 2 rings (SSSR count). The Morgan fingerprint density at radius 1 is 1.09 bits per heavy atom. The zero-order valence-corrected chi connectivity index (χ0v) is 12.3. The van der Waals surface area contributed by atoms with Crippen molar-refractivity contribution in [2.24, 2.45) is 0 Å². The Morgan fingerprint density at radius 3 is 2.55 bits per heavy atom. The average Bonchev–Trinajstić information content (AvgIpc) is 2.54. The summed E-state index contributed by atoms with van der Waals surface area (Å²) >= 11 is 0. The third kappa shape index (κ3) is 3.63. The van der Waals surface area contributed by atoms with Gasteiger partial charge in [0.25, 0.3) is 0 Å². The molecule has 4 nitrogen and oxygen atoms in total.